The molecule has 0 aliphatic carbocycles. The van der Waals surface area contributed by atoms with Crippen LogP contribution in [0.3, 0.4) is 0 Å². The van der Waals surface area contributed by atoms with Crippen molar-refractivity contribution in [3.8, 4) is 0 Å². The van der Waals surface area contributed by atoms with Gasteiger partial charge < -0.3 is 5.32 Å². The van der Waals surface area contributed by atoms with Gasteiger partial charge in [0.05, 0.1) is 5.69 Å². The smallest absolute Gasteiger partial charge is 0.154 e. The summed E-state index contributed by atoms with van der Waals surface area (Å²) in [5, 5.41) is 5.24. The Labute approximate surface area is 110 Å². The second-order valence-corrected chi connectivity index (χ2v) is 5.78. The van der Waals surface area contributed by atoms with Gasteiger partial charge in [-0.2, -0.15) is 0 Å². The van der Waals surface area contributed by atoms with E-state index in [9.17, 15) is 0 Å². The van der Waals surface area contributed by atoms with Gasteiger partial charge in [0.2, 0.25) is 0 Å². The number of hydrogen-bond acceptors (Lipinski definition) is 5. The average Bonchev–Trinajstić information content (AvgIpc) is 2.86. The first-order valence-electron chi connectivity index (χ1n) is 5.54. The van der Waals surface area contributed by atoms with E-state index in [0.29, 0.717) is 6.04 Å². The molecule has 3 nitrogen and oxygen atoms in total. The van der Waals surface area contributed by atoms with Crippen molar-refractivity contribution in [2.75, 3.05) is 7.05 Å². The van der Waals surface area contributed by atoms with Crippen LogP contribution in [-0.2, 0) is 0 Å². The van der Waals surface area contributed by atoms with E-state index in [0.717, 1.165) is 21.3 Å². The number of thiazole rings is 1. The van der Waals surface area contributed by atoms with Crippen LogP contribution in [-0.4, -0.2) is 17.0 Å². The maximum absolute atomic E-state index is 4.49. The predicted molar refractivity (Wildman–Crippen MR) is 72.6 cm³/mol. The van der Waals surface area contributed by atoms with Crippen molar-refractivity contribution in [1.29, 1.82) is 0 Å². The highest BCUT2D eigenvalue weighted by molar-refractivity contribution is 8.01. The minimum atomic E-state index is 0.342. The van der Waals surface area contributed by atoms with Gasteiger partial charge in [0, 0.05) is 28.7 Å². The Morgan fingerprint density at radius 2 is 2.29 bits per heavy atom. The molecule has 0 bridgehead atoms. The van der Waals surface area contributed by atoms with E-state index < -0.39 is 0 Å². The third-order valence-corrected chi connectivity index (χ3v) is 4.35. The summed E-state index contributed by atoms with van der Waals surface area (Å²) >= 11 is 3.30. The average molecular weight is 265 g/mol. The minimum Gasteiger partial charge on any atom is -0.312 e. The third kappa shape index (κ3) is 3.28. The van der Waals surface area contributed by atoms with Crippen molar-refractivity contribution in [2.24, 2.45) is 0 Å². The highest BCUT2D eigenvalue weighted by atomic mass is 32.2. The molecule has 2 aromatic heterocycles. The van der Waals surface area contributed by atoms with Crippen LogP contribution in [0.5, 0.6) is 0 Å². The first-order chi connectivity index (χ1) is 8.33. The summed E-state index contributed by atoms with van der Waals surface area (Å²) in [5.41, 5.74) is 1.10. The molecule has 2 rings (SSSR count). The van der Waals surface area contributed by atoms with Gasteiger partial charge in [-0.3, -0.25) is 4.98 Å². The minimum absolute atomic E-state index is 0.342. The van der Waals surface area contributed by atoms with E-state index in [-0.39, 0.29) is 0 Å². The summed E-state index contributed by atoms with van der Waals surface area (Å²) in [7, 11) is 1.97. The number of rotatable bonds is 5. The highest BCUT2D eigenvalue weighted by Crippen LogP contribution is 2.29. The number of pyridine rings is 1. The van der Waals surface area contributed by atoms with E-state index in [1.807, 2.05) is 24.8 Å². The van der Waals surface area contributed by atoms with Crippen molar-refractivity contribution >= 4 is 23.1 Å². The van der Waals surface area contributed by atoms with Crippen molar-refractivity contribution in [3.05, 3.63) is 35.6 Å². The van der Waals surface area contributed by atoms with Crippen LogP contribution in [0.25, 0.3) is 0 Å². The second kappa shape index (κ2) is 6.14. The molecule has 5 heteroatoms. The molecule has 1 N–H and O–H groups in total. The molecule has 1 atom stereocenters. The van der Waals surface area contributed by atoms with Crippen LogP contribution in [0, 0.1) is 0 Å². The van der Waals surface area contributed by atoms with Gasteiger partial charge >= 0.3 is 0 Å². The lowest BCUT2D eigenvalue weighted by Crippen LogP contribution is -2.16. The molecule has 90 valence electrons. The summed E-state index contributed by atoms with van der Waals surface area (Å²) in [5.74, 6) is 0. The molecule has 2 aromatic rings. The number of nitrogens with zero attached hydrogens (tertiary/aromatic N) is 2. The van der Waals surface area contributed by atoms with Crippen LogP contribution >= 0.6 is 23.1 Å². The standard InChI is InChI=1S/C12H15N3S2/c1-3-10(13-2)11-5-4-9(8-15-11)17-12-14-6-7-16-12/h4-8,10,13H,3H2,1-2H3. The van der Waals surface area contributed by atoms with Crippen molar-refractivity contribution in [1.82, 2.24) is 15.3 Å². The fourth-order valence-corrected chi connectivity index (χ4v) is 3.15. The van der Waals surface area contributed by atoms with Gasteiger partial charge in [0.1, 0.15) is 0 Å². The predicted octanol–water partition coefficient (Wildman–Crippen LogP) is 3.36. The molecule has 0 aromatic carbocycles. The van der Waals surface area contributed by atoms with Gasteiger partial charge in [0.25, 0.3) is 0 Å². The van der Waals surface area contributed by atoms with Gasteiger partial charge in [0.15, 0.2) is 4.34 Å². The molecule has 0 fully saturated rings. The molecule has 0 spiro atoms. The third-order valence-electron chi connectivity index (χ3n) is 2.49. The van der Waals surface area contributed by atoms with E-state index >= 15 is 0 Å². The highest BCUT2D eigenvalue weighted by Gasteiger charge is 2.08. The first-order valence-corrected chi connectivity index (χ1v) is 7.23. The van der Waals surface area contributed by atoms with Gasteiger partial charge in [-0.1, -0.05) is 18.7 Å². The zero-order valence-corrected chi connectivity index (χ0v) is 11.5. The molecule has 0 aliphatic heterocycles. The topological polar surface area (TPSA) is 37.8 Å². The van der Waals surface area contributed by atoms with Crippen LogP contribution in [0.2, 0.25) is 0 Å². The molecule has 0 radical (unpaired) electrons. The largest absolute Gasteiger partial charge is 0.312 e. The number of hydrogen-bond donors (Lipinski definition) is 1. The Hall–Kier alpha value is -0.910. The zero-order chi connectivity index (χ0) is 12.1. The number of aromatic nitrogens is 2. The van der Waals surface area contributed by atoms with Crippen LogP contribution in [0.15, 0.2) is 39.1 Å². The summed E-state index contributed by atoms with van der Waals surface area (Å²) in [6.07, 6.45) is 4.78. The van der Waals surface area contributed by atoms with Crippen LogP contribution < -0.4 is 5.32 Å². The molecule has 2 heterocycles. The first kappa shape index (κ1) is 12.5. The van der Waals surface area contributed by atoms with Crippen molar-refractivity contribution in [3.63, 3.8) is 0 Å². The molecular formula is C12H15N3S2. The van der Waals surface area contributed by atoms with E-state index in [1.165, 1.54) is 0 Å². The van der Waals surface area contributed by atoms with Gasteiger partial charge in [-0.25, -0.2) is 4.98 Å². The molecule has 1 unspecified atom stereocenters. The molecule has 0 aliphatic rings. The monoisotopic (exact) mass is 265 g/mol. The normalized spacial score (nSPS) is 12.6. The lowest BCUT2D eigenvalue weighted by atomic mass is 10.1. The van der Waals surface area contributed by atoms with Crippen LogP contribution in [0.4, 0.5) is 0 Å². The summed E-state index contributed by atoms with van der Waals surface area (Å²) in [4.78, 5) is 9.87. The maximum Gasteiger partial charge on any atom is 0.154 e. The van der Waals surface area contributed by atoms with Gasteiger partial charge in [-0.15, -0.1) is 11.3 Å². The van der Waals surface area contributed by atoms with E-state index in [2.05, 4.69) is 34.3 Å². The van der Waals surface area contributed by atoms with Gasteiger partial charge in [-0.05, 0) is 25.6 Å². The Morgan fingerprint density at radius 1 is 1.41 bits per heavy atom. The summed E-state index contributed by atoms with van der Waals surface area (Å²) in [6, 6.07) is 4.53. The molecule has 0 saturated carbocycles. The zero-order valence-electron chi connectivity index (χ0n) is 9.88. The molecule has 17 heavy (non-hydrogen) atoms. The SMILES string of the molecule is CCC(NC)c1ccc(Sc2nccs2)cn1. The summed E-state index contributed by atoms with van der Waals surface area (Å²) in [6.45, 7) is 2.15. The molecular weight excluding hydrogens is 250 g/mol. The Kier molecular flexibility index (Phi) is 4.53. The fourth-order valence-electron chi connectivity index (χ4n) is 1.58. The Morgan fingerprint density at radius 3 is 2.82 bits per heavy atom. The fraction of sp³-hybridized carbons (Fsp3) is 0.333. The number of nitrogens with one attached hydrogen (secondary N) is 1. The van der Waals surface area contributed by atoms with Crippen molar-refractivity contribution in [2.45, 2.75) is 28.6 Å². The molecule has 0 saturated heterocycles. The Balaban J connectivity index is 2.07. The summed E-state index contributed by atoms with van der Waals surface area (Å²) < 4.78 is 1.06. The lowest BCUT2D eigenvalue weighted by molar-refractivity contribution is 0.561. The second-order valence-electron chi connectivity index (χ2n) is 3.57. The van der Waals surface area contributed by atoms with E-state index in [4.69, 9.17) is 0 Å². The van der Waals surface area contributed by atoms with Crippen LogP contribution in [0.1, 0.15) is 25.1 Å². The quantitative estimate of drug-likeness (QED) is 0.899. The molecule has 0 amide bonds. The maximum atomic E-state index is 4.49. The van der Waals surface area contributed by atoms with E-state index in [1.54, 1.807) is 23.1 Å². The Bertz CT molecular complexity index is 435. The van der Waals surface area contributed by atoms with Crippen molar-refractivity contribution < 1.29 is 0 Å². The lowest BCUT2D eigenvalue weighted by Gasteiger charge is -2.12.